The third kappa shape index (κ3) is 7.32. The smallest absolute Gasteiger partial charge is 0.306 e. The van der Waals surface area contributed by atoms with E-state index < -0.39 is 0 Å². The summed E-state index contributed by atoms with van der Waals surface area (Å²) in [6.45, 7) is 3.32. The van der Waals surface area contributed by atoms with Gasteiger partial charge in [0.05, 0.1) is 19.0 Å². The molecule has 0 bridgehead atoms. The van der Waals surface area contributed by atoms with Crippen molar-refractivity contribution in [2.45, 2.75) is 70.8 Å². The molecule has 0 unspecified atom stereocenters. The molecule has 0 saturated carbocycles. The van der Waals surface area contributed by atoms with Gasteiger partial charge in [-0.1, -0.05) is 39.0 Å². The maximum Gasteiger partial charge on any atom is 0.306 e. The Hall–Kier alpha value is -2.63. The predicted molar refractivity (Wildman–Crippen MR) is 116 cm³/mol. The molecule has 0 amide bonds. The fourth-order valence-corrected chi connectivity index (χ4v) is 3.40. The SMILES string of the molecule is CCCCCCCCOc1cnc(-c2ccc(OC[C@@H]3CCCC(=O)O3)cc2)nc1. The highest BCUT2D eigenvalue weighted by molar-refractivity contribution is 5.70. The first-order chi connectivity index (χ1) is 14.7. The number of nitrogens with zero attached hydrogens (tertiary/aromatic N) is 2. The normalized spacial score (nSPS) is 16.2. The van der Waals surface area contributed by atoms with Crippen molar-refractivity contribution in [3.63, 3.8) is 0 Å². The molecule has 0 N–H and O–H groups in total. The average molecular weight is 413 g/mol. The molecule has 1 saturated heterocycles. The number of esters is 1. The molecule has 1 atom stereocenters. The summed E-state index contributed by atoms with van der Waals surface area (Å²) in [5, 5.41) is 0. The summed E-state index contributed by atoms with van der Waals surface area (Å²) in [4.78, 5) is 20.2. The Bertz CT molecular complexity index is 762. The second-order valence-corrected chi connectivity index (χ2v) is 7.70. The van der Waals surface area contributed by atoms with Gasteiger partial charge in [-0.15, -0.1) is 0 Å². The number of rotatable bonds is 12. The molecular weight excluding hydrogens is 380 g/mol. The van der Waals surface area contributed by atoms with Crippen LogP contribution in [-0.2, 0) is 9.53 Å². The summed E-state index contributed by atoms with van der Waals surface area (Å²) in [5.41, 5.74) is 0.911. The number of hydrogen-bond donors (Lipinski definition) is 0. The summed E-state index contributed by atoms with van der Waals surface area (Å²) in [5.74, 6) is 1.95. The lowest BCUT2D eigenvalue weighted by Crippen LogP contribution is -2.28. The van der Waals surface area contributed by atoms with E-state index >= 15 is 0 Å². The fourth-order valence-electron chi connectivity index (χ4n) is 3.40. The van der Waals surface area contributed by atoms with Crippen molar-refractivity contribution in [2.75, 3.05) is 13.2 Å². The van der Waals surface area contributed by atoms with Crippen LogP contribution in [0.15, 0.2) is 36.7 Å². The third-order valence-corrected chi connectivity index (χ3v) is 5.15. The van der Waals surface area contributed by atoms with E-state index in [9.17, 15) is 4.79 Å². The van der Waals surface area contributed by atoms with Crippen LogP contribution >= 0.6 is 0 Å². The predicted octanol–water partition coefficient (Wildman–Crippen LogP) is 5.36. The molecule has 162 valence electrons. The molecule has 0 aliphatic carbocycles. The van der Waals surface area contributed by atoms with Crippen LogP contribution in [0.3, 0.4) is 0 Å². The maximum absolute atomic E-state index is 11.3. The summed E-state index contributed by atoms with van der Waals surface area (Å²) < 4.78 is 16.8. The Morgan fingerprint density at radius 1 is 0.967 bits per heavy atom. The van der Waals surface area contributed by atoms with Crippen molar-refractivity contribution in [1.29, 1.82) is 0 Å². The summed E-state index contributed by atoms with van der Waals surface area (Å²) in [7, 11) is 0. The molecule has 1 aromatic heterocycles. The minimum atomic E-state index is -0.154. The highest BCUT2D eigenvalue weighted by Crippen LogP contribution is 2.22. The zero-order valence-corrected chi connectivity index (χ0v) is 17.8. The number of carbonyl (C=O) groups excluding carboxylic acids is 1. The van der Waals surface area contributed by atoms with Crippen LogP contribution < -0.4 is 9.47 Å². The van der Waals surface area contributed by atoms with Gasteiger partial charge >= 0.3 is 5.97 Å². The van der Waals surface area contributed by atoms with Crippen LogP contribution in [0.25, 0.3) is 11.4 Å². The van der Waals surface area contributed by atoms with Gasteiger partial charge in [-0.25, -0.2) is 9.97 Å². The quantitative estimate of drug-likeness (QED) is 0.345. The van der Waals surface area contributed by atoms with Crippen molar-refractivity contribution in [3.05, 3.63) is 36.7 Å². The molecule has 2 aromatic rings. The molecule has 1 aromatic carbocycles. The topological polar surface area (TPSA) is 70.5 Å². The van der Waals surface area contributed by atoms with Crippen molar-refractivity contribution in [3.8, 4) is 22.9 Å². The lowest BCUT2D eigenvalue weighted by atomic mass is 10.1. The number of benzene rings is 1. The zero-order valence-electron chi connectivity index (χ0n) is 17.8. The number of carbonyl (C=O) groups is 1. The fraction of sp³-hybridized carbons (Fsp3) is 0.542. The van der Waals surface area contributed by atoms with Crippen LogP contribution in [0.5, 0.6) is 11.5 Å². The largest absolute Gasteiger partial charge is 0.490 e. The maximum atomic E-state index is 11.3. The van der Waals surface area contributed by atoms with Gasteiger partial charge in [0.15, 0.2) is 11.6 Å². The Morgan fingerprint density at radius 3 is 2.43 bits per heavy atom. The van der Waals surface area contributed by atoms with Gasteiger partial charge in [0.1, 0.15) is 18.5 Å². The standard InChI is InChI=1S/C24H32N2O4/c1-2-3-4-5-6-7-15-28-22-16-25-24(26-17-22)19-11-13-20(14-12-19)29-18-21-9-8-10-23(27)30-21/h11-14,16-17,21H,2-10,15,18H2,1H3/t21-/m0/s1. The molecule has 30 heavy (non-hydrogen) atoms. The Kier molecular flexibility index (Phi) is 8.94. The van der Waals surface area contributed by atoms with Crippen molar-refractivity contribution in [1.82, 2.24) is 9.97 Å². The highest BCUT2D eigenvalue weighted by Gasteiger charge is 2.20. The van der Waals surface area contributed by atoms with Crippen molar-refractivity contribution >= 4 is 5.97 Å². The molecular formula is C24H32N2O4. The van der Waals surface area contributed by atoms with E-state index in [2.05, 4.69) is 16.9 Å². The molecule has 6 nitrogen and oxygen atoms in total. The summed E-state index contributed by atoms with van der Waals surface area (Å²) in [6, 6.07) is 7.61. The second kappa shape index (κ2) is 12.2. The van der Waals surface area contributed by atoms with Gasteiger partial charge < -0.3 is 14.2 Å². The Balaban J connectivity index is 1.40. The van der Waals surface area contributed by atoms with E-state index in [1.54, 1.807) is 12.4 Å². The molecule has 2 heterocycles. The van der Waals surface area contributed by atoms with E-state index in [1.807, 2.05) is 24.3 Å². The lowest BCUT2D eigenvalue weighted by Gasteiger charge is -2.22. The first kappa shape index (κ1) is 22.1. The molecule has 1 aliphatic heterocycles. The van der Waals surface area contributed by atoms with E-state index in [0.717, 1.165) is 30.6 Å². The Morgan fingerprint density at radius 2 is 1.70 bits per heavy atom. The van der Waals surface area contributed by atoms with Crippen LogP contribution in [-0.4, -0.2) is 35.3 Å². The summed E-state index contributed by atoms with van der Waals surface area (Å²) >= 11 is 0. The van der Waals surface area contributed by atoms with E-state index in [1.165, 1.54) is 32.1 Å². The van der Waals surface area contributed by atoms with Crippen LogP contribution in [0, 0.1) is 0 Å². The van der Waals surface area contributed by atoms with Crippen LogP contribution in [0.2, 0.25) is 0 Å². The number of cyclic esters (lactones) is 1. The van der Waals surface area contributed by atoms with E-state index in [-0.39, 0.29) is 12.1 Å². The number of aromatic nitrogens is 2. The van der Waals surface area contributed by atoms with Crippen LogP contribution in [0.1, 0.15) is 64.7 Å². The molecule has 6 heteroatoms. The molecule has 0 radical (unpaired) electrons. The number of ether oxygens (including phenoxy) is 3. The van der Waals surface area contributed by atoms with Gasteiger partial charge in [-0.05, 0) is 43.5 Å². The third-order valence-electron chi connectivity index (χ3n) is 5.15. The molecule has 1 aliphatic rings. The Labute approximate surface area is 179 Å². The van der Waals surface area contributed by atoms with Crippen molar-refractivity contribution in [2.24, 2.45) is 0 Å². The molecule has 1 fully saturated rings. The minimum Gasteiger partial charge on any atom is -0.490 e. The number of hydrogen-bond acceptors (Lipinski definition) is 6. The lowest BCUT2D eigenvalue weighted by molar-refractivity contribution is -0.155. The number of unbranched alkanes of at least 4 members (excludes halogenated alkanes) is 5. The van der Waals surface area contributed by atoms with E-state index in [0.29, 0.717) is 31.2 Å². The average Bonchev–Trinajstić information content (AvgIpc) is 2.78. The second-order valence-electron chi connectivity index (χ2n) is 7.70. The minimum absolute atomic E-state index is 0.137. The zero-order chi connectivity index (χ0) is 21.0. The van der Waals surface area contributed by atoms with Gasteiger partial charge in [0.2, 0.25) is 0 Å². The van der Waals surface area contributed by atoms with Crippen LogP contribution in [0.4, 0.5) is 0 Å². The van der Waals surface area contributed by atoms with Crippen molar-refractivity contribution < 1.29 is 19.0 Å². The van der Waals surface area contributed by atoms with E-state index in [4.69, 9.17) is 14.2 Å². The van der Waals surface area contributed by atoms with Gasteiger partial charge in [-0.3, -0.25) is 4.79 Å². The molecule has 3 rings (SSSR count). The van der Waals surface area contributed by atoms with Gasteiger partial charge in [0.25, 0.3) is 0 Å². The van der Waals surface area contributed by atoms with Gasteiger partial charge in [0, 0.05) is 12.0 Å². The van der Waals surface area contributed by atoms with Gasteiger partial charge in [-0.2, -0.15) is 0 Å². The first-order valence-corrected chi connectivity index (χ1v) is 11.1. The first-order valence-electron chi connectivity index (χ1n) is 11.1. The monoisotopic (exact) mass is 412 g/mol. The molecule has 0 spiro atoms. The highest BCUT2D eigenvalue weighted by atomic mass is 16.6. The summed E-state index contributed by atoms with van der Waals surface area (Å²) in [6.07, 6.45) is 13.0.